The fourth-order valence-corrected chi connectivity index (χ4v) is 1.27. The molecule has 0 saturated heterocycles. The van der Waals surface area contributed by atoms with Gasteiger partial charge in [0, 0.05) is 0 Å². The Kier molecular flexibility index (Phi) is 3.49. The van der Waals surface area contributed by atoms with Gasteiger partial charge in [-0.1, -0.05) is 30.9 Å². The van der Waals surface area contributed by atoms with Crippen molar-refractivity contribution >= 4 is 13.3 Å². The fraction of sp³-hybridized carbons (Fsp3) is 0.400. The molecule has 0 saturated carbocycles. The van der Waals surface area contributed by atoms with Crippen LogP contribution in [0.3, 0.4) is 0 Å². The van der Waals surface area contributed by atoms with E-state index in [0.717, 1.165) is 6.42 Å². The molecule has 1 N–H and O–H groups in total. The smallest absolute Gasteiger partial charge is 0.118 e. The van der Waals surface area contributed by atoms with E-state index in [9.17, 15) is 9.50 Å². The van der Waals surface area contributed by atoms with E-state index in [-0.39, 0.29) is 5.46 Å². The Morgan fingerprint density at radius 2 is 2.23 bits per heavy atom. The lowest BCUT2D eigenvalue weighted by molar-refractivity contribution is 0.167. The maximum Gasteiger partial charge on any atom is 0.118 e. The minimum Gasteiger partial charge on any atom is -0.388 e. The summed E-state index contributed by atoms with van der Waals surface area (Å²) in [5.74, 6) is -0.465. The quantitative estimate of drug-likeness (QED) is 0.694. The van der Waals surface area contributed by atoms with Gasteiger partial charge >= 0.3 is 0 Å². The van der Waals surface area contributed by atoms with Gasteiger partial charge in [0.05, 0.1) is 6.10 Å². The van der Waals surface area contributed by atoms with Crippen LogP contribution in [0, 0.1) is 5.82 Å². The molecule has 0 spiro atoms. The van der Waals surface area contributed by atoms with Crippen LogP contribution in [0.15, 0.2) is 18.2 Å². The number of rotatable bonds is 3. The second-order valence-corrected chi connectivity index (χ2v) is 3.05. The molecule has 0 bridgehead atoms. The van der Waals surface area contributed by atoms with E-state index in [1.807, 2.05) is 6.92 Å². The third-order valence-electron chi connectivity index (χ3n) is 2.01. The van der Waals surface area contributed by atoms with E-state index in [1.165, 1.54) is 6.07 Å². The van der Waals surface area contributed by atoms with E-state index in [0.29, 0.717) is 12.0 Å². The van der Waals surface area contributed by atoms with Crippen LogP contribution in [0.5, 0.6) is 0 Å². The molecule has 1 nitrogen and oxygen atoms in total. The van der Waals surface area contributed by atoms with Crippen molar-refractivity contribution in [3.05, 3.63) is 29.6 Å². The number of aliphatic hydroxyl groups excluding tert-OH is 1. The SMILES string of the molecule is [B]c1c(F)cccc1[C@H](O)CCC. The summed E-state index contributed by atoms with van der Waals surface area (Å²) in [4.78, 5) is 0. The first-order valence-corrected chi connectivity index (χ1v) is 4.38. The van der Waals surface area contributed by atoms with Gasteiger partial charge in [-0.05, 0) is 18.1 Å². The first kappa shape index (κ1) is 10.3. The summed E-state index contributed by atoms with van der Waals surface area (Å²) in [6.07, 6.45) is 0.797. The topological polar surface area (TPSA) is 20.2 Å². The van der Waals surface area contributed by atoms with Crippen LogP contribution in [-0.2, 0) is 0 Å². The summed E-state index contributed by atoms with van der Waals surface area (Å²) >= 11 is 0. The normalized spacial score (nSPS) is 12.8. The molecule has 2 radical (unpaired) electrons. The monoisotopic (exact) mass is 178 g/mol. The van der Waals surface area contributed by atoms with Crippen molar-refractivity contribution in [2.75, 3.05) is 0 Å². The maximum absolute atomic E-state index is 12.9. The first-order valence-electron chi connectivity index (χ1n) is 4.38. The molecular weight excluding hydrogens is 166 g/mol. The van der Waals surface area contributed by atoms with Crippen LogP contribution in [0.1, 0.15) is 31.4 Å². The molecule has 0 amide bonds. The minimum atomic E-state index is -0.652. The summed E-state index contributed by atoms with van der Waals surface area (Å²) < 4.78 is 12.9. The number of hydrogen-bond acceptors (Lipinski definition) is 1. The van der Waals surface area contributed by atoms with E-state index >= 15 is 0 Å². The van der Waals surface area contributed by atoms with Crippen molar-refractivity contribution in [3.8, 4) is 0 Å². The van der Waals surface area contributed by atoms with Crippen LogP contribution in [-0.4, -0.2) is 13.0 Å². The van der Waals surface area contributed by atoms with Crippen LogP contribution in [0.25, 0.3) is 0 Å². The van der Waals surface area contributed by atoms with E-state index in [2.05, 4.69) is 0 Å². The standard InChI is InChI=1S/C10H12BFO/c1-2-4-9(13)7-5-3-6-8(12)10(7)11/h3,5-6,9,13H,2,4H2,1H3/t9-/m1/s1. The molecule has 1 aromatic carbocycles. The highest BCUT2D eigenvalue weighted by Gasteiger charge is 2.10. The Hall–Kier alpha value is -0.825. The van der Waals surface area contributed by atoms with Crippen molar-refractivity contribution in [2.45, 2.75) is 25.9 Å². The van der Waals surface area contributed by atoms with Crippen LogP contribution >= 0.6 is 0 Å². The second kappa shape index (κ2) is 4.42. The average molecular weight is 178 g/mol. The molecule has 3 heteroatoms. The lowest BCUT2D eigenvalue weighted by atomic mass is 9.86. The lowest BCUT2D eigenvalue weighted by Crippen LogP contribution is -2.17. The van der Waals surface area contributed by atoms with Crippen molar-refractivity contribution in [1.82, 2.24) is 0 Å². The van der Waals surface area contributed by atoms with E-state index < -0.39 is 11.9 Å². The second-order valence-electron chi connectivity index (χ2n) is 3.05. The summed E-state index contributed by atoms with van der Waals surface area (Å²) in [6.45, 7) is 1.96. The molecule has 0 aliphatic heterocycles. The molecule has 1 aromatic rings. The Balaban J connectivity index is 2.93. The fourth-order valence-electron chi connectivity index (χ4n) is 1.27. The third-order valence-corrected chi connectivity index (χ3v) is 2.01. The molecule has 0 aromatic heterocycles. The molecule has 13 heavy (non-hydrogen) atoms. The number of hydrogen-bond donors (Lipinski definition) is 1. The molecular formula is C10H12BFO. The molecule has 0 aliphatic rings. The molecule has 1 atom stereocenters. The Morgan fingerprint density at radius 3 is 2.85 bits per heavy atom. The maximum atomic E-state index is 12.9. The summed E-state index contributed by atoms with van der Waals surface area (Å²) in [5.41, 5.74) is 0.547. The van der Waals surface area contributed by atoms with Gasteiger partial charge in [0.15, 0.2) is 0 Å². The van der Waals surface area contributed by atoms with Gasteiger partial charge in [0.1, 0.15) is 13.7 Å². The highest BCUT2D eigenvalue weighted by molar-refractivity contribution is 6.33. The first-order chi connectivity index (χ1) is 6.16. The number of aliphatic hydroxyl groups is 1. The van der Waals surface area contributed by atoms with Gasteiger partial charge in [-0.25, -0.2) is 4.39 Å². The van der Waals surface area contributed by atoms with Crippen LogP contribution in [0.4, 0.5) is 4.39 Å². The number of benzene rings is 1. The van der Waals surface area contributed by atoms with Crippen molar-refractivity contribution in [2.24, 2.45) is 0 Å². The Morgan fingerprint density at radius 1 is 1.54 bits per heavy atom. The third kappa shape index (κ3) is 2.31. The van der Waals surface area contributed by atoms with Crippen molar-refractivity contribution in [3.63, 3.8) is 0 Å². The molecule has 0 unspecified atom stereocenters. The molecule has 0 heterocycles. The molecule has 0 aliphatic carbocycles. The van der Waals surface area contributed by atoms with E-state index in [1.54, 1.807) is 12.1 Å². The van der Waals surface area contributed by atoms with Crippen molar-refractivity contribution in [1.29, 1.82) is 0 Å². The zero-order valence-electron chi connectivity index (χ0n) is 7.63. The van der Waals surface area contributed by atoms with Gasteiger partial charge in [-0.15, -0.1) is 0 Å². The van der Waals surface area contributed by atoms with Crippen LogP contribution < -0.4 is 5.46 Å². The summed E-state index contributed by atoms with van der Waals surface area (Å²) in [6, 6.07) is 4.50. The van der Waals surface area contributed by atoms with Crippen molar-refractivity contribution < 1.29 is 9.50 Å². The molecule has 0 fully saturated rings. The van der Waals surface area contributed by atoms with Gasteiger partial charge in [0.25, 0.3) is 0 Å². The highest BCUT2D eigenvalue weighted by Crippen LogP contribution is 2.16. The molecule has 1 rings (SSSR count). The number of halogens is 1. The summed E-state index contributed by atoms with van der Waals surface area (Å²) in [7, 11) is 5.48. The van der Waals surface area contributed by atoms with Gasteiger partial charge in [-0.3, -0.25) is 0 Å². The zero-order chi connectivity index (χ0) is 9.84. The average Bonchev–Trinajstić information content (AvgIpc) is 2.10. The van der Waals surface area contributed by atoms with Gasteiger partial charge in [-0.2, -0.15) is 0 Å². The largest absolute Gasteiger partial charge is 0.388 e. The van der Waals surface area contributed by atoms with Gasteiger partial charge in [0.2, 0.25) is 0 Å². The van der Waals surface area contributed by atoms with Crippen LogP contribution in [0.2, 0.25) is 0 Å². The Bertz CT molecular complexity index is 288. The Labute approximate surface area is 79.0 Å². The van der Waals surface area contributed by atoms with E-state index in [4.69, 9.17) is 7.85 Å². The molecule has 68 valence electrons. The predicted octanol–water partition coefficient (Wildman–Crippen LogP) is 1.45. The highest BCUT2D eigenvalue weighted by atomic mass is 19.1. The lowest BCUT2D eigenvalue weighted by Gasteiger charge is -2.13. The zero-order valence-corrected chi connectivity index (χ0v) is 7.63. The predicted molar refractivity (Wildman–Crippen MR) is 51.7 cm³/mol. The minimum absolute atomic E-state index is 0.0588. The van der Waals surface area contributed by atoms with Gasteiger partial charge < -0.3 is 5.11 Å². The summed E-state index contributed by atoms with van der Waals surface area (Å²) in [5, 5.41) is 9.58.